The van der Waals surface area contributed by atoms with E-state index < -0.39 is 0 Å². The summed E-state index contributed by atoms with van der Waals surface area (Å²) in [5, 5.41) is 2.89. The summed E-state index contributed by atoms with van der Waals surface area (Å²) in [6.45, 7) is 4.12. The molecule has 0 aliphatic carbocycles. The second-order valence-electron chi connectivity index (χ2n) is 5.94. The van der Waals surface area contributed by atoms with Crippen LogP contribution in [0.2, 0.25) is 0 Å². The summed E-state index contributed by atoms with van der Waals surface area (Å²) < 4.78 is 5.82. The molecule has 1 amide bonds. The number of nitrogens with one attached hydrogen (secondary N) is 1. The van der Waals surface area contributed by atoms with E-state index in [1.165, 1.54) is 5.56 Å². The van der Waals surface area contributed by atoms with E-state index in [9.17, 15) is 4.79 Å². The molecule has 0 radical (unpaired) electrons. The van der Waals surface area contributed by atoms with Gasteiger partial charge in [0.1, 0.15) is 5.52 Å². The Kier molecular flexibility index (Phi) is 4.94. The fraction of sp³-hybridized carbons (Fsp3) is 0.300. The number of nitrogens with zero attached hydrogens (tertiary/aromatic N) is 1. The Morgan fingerprint density at radius 2 is 1.83 bits per heavy atom. The van der Waals surface area contributed by atoms with Crippen LogP contribution in [-0.2, 0) is 17.6 Å². The first-order valence-electron chi connectivity index (χ1n) is 8.45. The van der Waals surface area contributed by atoms with Crippen LogP contribution in [0.1, 0.15) is 43.7 Å². The predicted octanol–water partition coefficient (Wildman–Crippen LogP) is 4.72. The van der Waals surface area contributed by atoms with E-state index >= 15 is 0 Å². The van der Waals surface area contributed by atoms with E-state index in [-0.39, 0.29) is 5.91 Å². The minimum absolute atomic E-state index is 0.0518. The lowest BCUT2D eigenvalue weighted by Crippen LogP contribution is -2.10. The zero-order chi connectivity index (χ0) is 16.9. The molecule has 4 nitrogen and oxygen atoms in total. The molecule has 0 bridgehead atoms. The molecule has 2 aromatic carbocycles. The van der Waals surface area contributed by atoms with Gasteiger partial charge in [-0.05, 0) is 48.2 Å². The molecule has 1 heterocycles. The maximum absolute atomic E-state index is 11.6. The normalized spacial score (nSPS) is 10.9. The van der Waals surface area contributed by atoms with Crippen LogP contribution in [0.5, 0.6) is 0 Å². The molecular formula is C20H22N2O2. The number of rotatable bonds is 6. The highest BCUT2D eigenvalue weighted by Gasteiger charge is 2.08. The van der Waals surface area contributed by atoms with Crippen molar-refractivity contribution in [2.75, 3.05) is 5.32 Å². The van der Waals surface area contributed by atoms with E-state index in [4.69, 9.17) is 4.42 Å². The van der Waals surface area contributed by atoms with E-state index in [0.29, 0.717) is 18.7 Å². The highest BCUT2D eigenvalue weighted by atomic mass is 16.3. The number of hydrogen-bond donors (Lipinski definition) is 1. The van der Waals surface area contributed by atoms with Crippen molar-refractivity contribution in [1.82, 2.24) is 4.98 Å². The maximum Gasteiger partial charge on any atom is 0.224 e. The van der Waals surface area contributed by atoms with Crippen LogP contribution in [0.25, 0.3) is 11.1 Å². The molecule has 0 saturated heterocycles. The zero-order valence-corrected chi connectivity index (χ0v) is 14.1. The highest BCUT2D eigenvalue weighted by Crippen LogP contribution is 2.20. The van der Waals surface area contributed by atoms with Crippen molar-refractivity contribution in [3.05, 3.63) is 59.5 Å². The van der Waals surface area contributed by atoms with Crippen molar-refractivity contribution in [3.63, 3.8) is 0 Å². The quantitative estimate of drug-likeness (QED) is 0.714. The minimum Gasteiger partial charge on any atom is -0.440 e. The smallest absolute Gasteiger partial charge is 0.224 e. The minimum atomic E-state index is 0.0518. The van der Waals surface area contributed by atoms with E-state index in [2.05, 4.69) is 29.4 Å². The molecule has 0 fully saturated rings. The second-order valence-corrected chi connectivity index (χ2v) is 5.94. The van der Waals surface area contributed by atoms with Gasteiger partial charge in [-0.1, -0.05) is 32.0 Å². The average molecular weight is 322 g/mol. The summed E-state index contributed by atoms with van der Waals surface area (Å²) in [6, 6.07) is 14.0. The molecule has 0 unspecified atom stereocenters. The van der Waals surface area contributed by atoms with Gasteiger partial charge < -0.3 is 9.73 Å². The summed E-state index contributed by atoms with van der Waals surface area (Å²) in [6.07, 6.45) is 3.02. The topological polar surface area (TPSA) is 55.1 Å². The SMILES string of the molecule is CCCC(=O)Nc1ccc(Cc2nc3cc(CC)ccc3o2)cc1. The van der Waals surface area contributed by atoms with Gasteiger partial charge in [-0.25, -0.2) is 4.98 Å². The van der Waals surface area contributed by atoms with Crippen LogP contribution in [-0.4, -0.2) is 10.9 Å². The first-order valence-corrected chi connectivity index (χ1v) is 8.45. The lowest BCUT2D eigenvalue weighted by Gasteiger charge is -2.05. The molecule has 0 aliphatic heterocycles. The van der Waals surface area contributed by atoms with Crippen molar-refractivity contribution < 1.29 is 9.21 Å². The third-order valence-electron chi connectivity index (χ3n) is 3.97. The number of aryl methyl sites for hydroxylation is 1. The largest absolute Gasteiger partial charge is 0.440 e. The molecule has 4 heteroatoms. The van der Waals surface area contributed by atoms with Gasteiger partial charge in [0.25, 0.3) is 0 Å². The van der Waals surface area contributed by atoms with E-state index in [1.807, 2.05) is 37.3 Å². The van der Waals surface area contributed by atoms with Gasteiger partial charge in [-0.2, -0.15) is 0 Å². The number of aromatic nitrogens is 1. The van der Waals surface area contributed by atoms with Crippen molar-refractivity contribution in [3.8, 4) is 0 Å². The Labute approximate surface area is 141 Å². The van der Waals surface area contributed by atoms with Gasteiger partial charge in [0.15, 0.2) is 11.5 Å². The van der Waals surface area contributed by atoms with Gasteiger partial charge in [0.05, 0.1) is 0 Å². The van der Waals surface area contributed by atoms with Crippen LogP contribution >= 0.6 is 0 Å². The standard InChI is InChI=1S/C20H22N2O2/c1-3-5-19(23)21-16-9-6-15(7-10-16)13-20-22-17-12-14(4-2)8-11-18(17)24-20/h6-12H,3-5,13H2,1-2H3,(H,21,23). The molecule has 1 aromatic heterocycles. The number of amides is 1. The number of carbonyl (C=O) groups excluding carboxylic acids is 1. The van der Waals surface area contributed by atoms with Crippen LogP contribution in [0.4, 0.5) is 5.69 Å². The lowest BCUT2D eigenvalue weighted by atomic mass is 10.1. The summed E-state index contributed by atoms with van der Waals surface area (Å²) in [5.74, 6) is 0.761. The van der Waals surface area contributed by atoms with Gasteiger partial charge in [-0.15, -0.1) is 0 Å². The van der Waals surface area contributed by atoms with E-state index in [1.54, 1.807) is 0 Å². The number of anilines is 1. The van der Waals surface area contributed by atoms with Crippen LogP contribution < -0.4 is 5.32 Å². The monoisotopic (exact) mass is 322 g/mol. The first-order chi connectivity index (χ1) is 11.7. The number of hydrogen-bond acceptors (Lipinski definition) is 3. The van der Waals surface area contributed by atoms with Gasteiger partial charge in [0, 0.05) is 18.5 Å². The molecule has 0 aliphatic rings. The maximum atomic E-state index is 11.6. The lowest BCUT2D eigenvalue weighted by molar-refractivity contribution is -0.116. The Bertz CT molecular complexity index is 834. The van der Waals surface area contributed by atoms with Crippen molar-refractivity contribution in [2.24, 2.45) is 0 Å². The number of fused-ring (bicyclic) bond motifs is 1. The summed E-state index contributed by atoms with van der Waals surface area (Å²) >= 11 is 0. The van der Waals surface area contributed by atoms with Crippen molar-refractivity contribution >= 4 is 22.7 Å². The average Bonchev–Trinajstić information content (AvgIpc) is 2.98. The van der Waals surface area contributed by atoms with Crippen LogP contribution in [0.15, 0.2) is 46.9 Å². The first kappa shape index (κ1) is 16.2. The predicted molar refractivity (Wildman–Crippen MR) is 96.2 cm³/mol. The number of benzene rings is 2. The Morgan fingerprint density at radius 1 is 1.08 bits per heavy atom. The van der Waals surface area contributed by atoms with Crippen molar-refractivity contribution in [1.29, 1.82) is 0 Å². The molecule has 0 saturated carbocycles. The number of carbonyl (C=O) groups is 1. The fourth-order valence-corrected chi connectivity index (χ4v) is 2.65. The van der Waals surface area contributed by atoms with Gasteiger partial charge >= 0.3 is 0 Å². The molecule has 24 heavy (non-hydrogen) atoms. The molecule has 0 atom stereocenters. The Hall–Kier alpha value is -2.62. The van der Waals surface area contributed by atoms with E-state index in [0.717, 1.165) is 35.2 Å². The summed E-state index contributed by atoms with van der Waals surface area (Å²) in [7, 11) is 0. The van der Waals surface area contributed by atoms with Gasteiger partial charge in [0.2, 0.25) is 5.91 Å². The Morgan fingerprint density at radius 3 is 2.54 bits per heavy atom. The van der Waals surface area contributed by atoms with Gasteiger partial charge in [-0.3, -0.25) is 4.79 Å². The molecule has 0 spiro atoms. The third-order valence-corrected chi connectivity index (χ3v) is 3.97. The molecule has 1 N–H and O–H groups in total. The summed E-state index contributed by atoms with van der Waals surface area (Å²) in [4.78, 5) is 16.2. The third kappa shape index (κ3) is 3.82. The van der Waals surface area contributed by atoms with Crippen LogP contribution in [0.3, 0.4) is 0 Å². The highest BCUT2D eigenvalue weighted by molar-refractivity contribution is 5.90. The number of oxazole rings is 1. The Balaban J connectivity index is 1.70. The summed E-state index contributed by atoms with van der Waals surface area (Å²) in [5.41, 5.74) is 4.92. The molecule has 3 aromatic rings. The molecule has 3 rings (SSSR count). The van der Waals surface area contributed by atoms with Crippen LogP contribution in [0, 0.1) is 0 Å². The zero-order valence-electron chi connectivity index (χ0n) is 14.1. The fourth-order valence-electron chi connectivity index (χ4n) is 2.65. The molecular weight excluding hydrogens is 300 g/mol. The van der Waals surface area contributed by atoms with Crippen molar-refractivity contribution in [2.45, 2.75) is 39.5 Å². The molecule has 124 valence electrons. The second kappa shape index (κ2) is 7.30.